The first kappa shape index (κ1) is 18.0. The normalized spacial score (nSPS) is 12.4. The van der Waals surface area contributed by atoms with Crippen LogP contribution < -0.4 is 21.3 Å². The number of benzene rings is 1. The van der Waals surface area contributed by atoms with Gasteiger partial charge in [-0.3, -0.25) is 14.3 Å². The van der Waals surface area contributed by atoms with Crippen LogP contribution in [0.2, 0.25) is 0 Å². The van der Waals surface area contributed by atoms with Crippen molar-refractivity contribution in [3.05, 3.63) is 62.4 Å². The number of nitrogens with one attached hydrogen (secondary N) is 2. The Bertz CT molecular complexity index is 775. The van der Waals surface area contributed by atoms with E-state index in [0.29, 0.717) is 18.0 Å². The maximum atomic E-state index is 11.9. The Balaban J connectivity index is 1.99. The minimum absolute atomic E-state index is 0.00585. The zero-order chi connectivity index (χ0) is 17.7. The molecule has 1 unspecified atom stereocenters. The second-order valence-electron chi connectivity index (χ2n) is 6.22. The molecule has 6 heteroatoms. The van der Waals surface area contributed by atoms with Gasteiger partial charge in [0.1, 0.15) is 5.75 Å². The van der Waals surface area contributed by atoms with Gasteiger partial charge in [0, 0.05) is 30.9 Å². The predicted molar refractivity (Wildman–Crippen MR) is 94.8 cm³/mol. The summed E-state index contributed by atoms with van der Waals surface area (Å²) in [6.07, 6.45) is 1.64. The molecule has 0 saturated heterocycles. The molecular weight excluding hydrogens is 306 g/mol. The van der Waals surface area contributed by atoms with Gasteiger partial charge in [0.25, 0.3) is 5.56 Å². The third-order valence-corrected chi connectivity index (χ3v) is 4.05. The molecule has 1 aromatic carbocycles. The minimum atomic E-state index is -0.370. The molecule has 0 aliphatic carbocycles. The van der Waals surface area contributed by atoms with Gasteiger partial charge in [-0.05, 0) is 37.5 Å². The van der Waals surface area contributed by atoms with Crippen molar-refractivity contribution in [2.24, 2.45) is 0 Å². The standard InChI is InChI=1S/C18H25N3O3/c1-12(2)21-11-15(17(22)20-18(21)23)10-19-9-13(3)14-5-7-16(24-4)8-6-14/h5-8,11-13,19H,9-10H2,1-4H3,(H,20,22,23). The van der Waals surface area contributed by atoms with Crippen molar-refractivity contribution in [3.8, 4) is 5.75 Å². The molecule has 0 radical (unpaired) electrons. The number of hydrogen-bond donors (Lipinski definition) is 2. The molecule has 0 bridgehead atoms. The number of methoxy groups -OCH3 is 1. The Hall–Kier alpha value is -2.34. The lowest BCUT2D eigenvalue weighted by atomic mass is 10.0. The van der Waals surface area contributed by atoms with E-state index in [1.165, 1.54) is 10.1 Å². The van der Waals surface area contributed by atoms with E-state index < -0.39 is 0 Å². The lowest BCUT2D eigenvalue weighted by Crippen LogP contribution is -2.34. The summed E-state index contributed by atoms with van der Waals surface area (Å²) in [6, 6.07) is 7.96. The van der Waals surface area contributed by atoms with E-state index in [1.54, 1.807) is 13.3 Å². The summed E-state index contributed by atoms with van der Waals surface area (Å²) in [5.41, 5.74) is 1.06. The highest BCUT2D eigenvalue weighted by Gasteiger charge is 2.09. The van der Waals surface area contributed by atoms with E-state index in [0.717, 1.165) is 12.3 Å². The van der Waals surface area contributed by atoms with Gasteiger partial charge in [0.05, 0.1) is 7.11 Å². The molecule has 1 aromatic heterocycles. The number of aromatic amines is 1. The van der Waals surface area contributed by atoms with Crippen LogP contribution in [0.5, 0.6) is 5.75 Å². The zero-order valence-electron chi connectivity index (χ0n) is 14.6. The van der Waals surface area contributed by atoms with E-state index in [1.807, 2.05) is 38.1 Å². The number of nitrogens with zero attached hydrogens (tertiary/aromatic N) is 1. The Labute approximate surface area is 141 Å². The van der Waals surface area contributed by atoms with Crippen LogP contribution in [0, 0.1) is 0 Å². The maximum absolute atomic E-state index is 11.9. The number of rotatable bonds is 7. The Morgan fingerprint density at radius 1 is 1.17 bits per heavy atom. The number of H-pyrrole nitrogens is 1. The van der Waals surface area contributed by atoms with Gasteiger partial charge >= 0.3 is 5.69 Å². The Kier molecular flexibility index (Phi) is 5.98. The van der Waals surface area contributed by atoms with E-state index in [-0.39, 0.29) is 17.3 Å². The highest BCUT2D eigenvalue weighted by atomic mass is 16.5. The fourth-order valence-electron chi connectivity index (χ4n) is 2.51. The molecule has 130 valence electrons. The third kappa shape index (κ3) is 4.35. The van der Waals surface area contributed by atoms with E-state index in [2.05, 4.69) is 17.2 Å². The van der Waals surface area contributed by atoms with Gasteiger partial charge in [-0.25, -0.2) is 4.79 Å². The summed E-state index contributed by atoms with van der Waals surface area (Å²) in [6.45, 7) is 7.08. The van der Waals surface area contributed by atoms with E-state index in [4.69, 9.17) is 4.74 Å². The molecule has 0 amide bonds. The van der Waals surface area contributed by atoms with Crippen molar-refractivity contribution < 1.29 is 4.74 Å². The van der Waals surface area contributed by atoms with Crippen LogP contribution >= 0.6 is 0 Å². The fourth-order valence-corrected chi connectivity index (χ4v) is 2.51. The molecule has 2 rings (SSSR count). The largest absolute Gasteiger partial charge is 0.497 e. The lowest BCUT2D eigenvalue weighted by Gasteiger charge is -2.14. The summed E-state index contributed by atoms with van der Waals surface area (Å²) in [4.78, 5) is 26.0. The second kappa shape index (κ2) is 7.97. The zero-order valence-corrected chi connectivity index (χ0v) is 14.6. The van der Waals surface area contributed by atoms with Crippen LogP contribution in [0.25, 0.3) is 0 Å². The molecule has 1 heterocycles. The van der Waals surface area contributed by atoms with Crippen LogP contribution in [-0.4, -0.2) is 23.2 Å². The summed E-state index contributed by atoms with van der Waals surface area (Å²) < 4.78 is 6.69. The summed E-state index contributed by atoms with van der Waals surface area (Å²) in [5, 5.41) is 3.29. The monoisotopic (exact) mass is 331 g/mol. The van der Waals surface area contributed by atoms with Crippen LogP contribution in [0.15, 0.2) is 40.1 Å². The fraction of sp³-hybridized carbons (Fsp3) is 0.444. The maximum Gasteiger partial charge on any atom is 0.328 e. The molecule has 6 nitrogen and oxygen atoms in total. The first-order chi connectivity index (χ1) is 11.4. The first-order valence-corrected chi connectivity index (χ1v) is 8.11. The quantitative estimate of drug-likeness (QED) is 0.814. The van der Waals surface area contributed by atoms with Gasteiger partial charge in [-0.15, -0.1) is 0 Å². The van der Waals surface area contributed by atoms with Crippen molar-refractivity contribution in [1.29, 1.82) is 0 Å². The number of aromatic nitrogens is 2. The molecule has 0 aliphatic rings. The van der Waals surface area contributed by atoms with Gasteiger partial charge in [-0.2, -0.15) is 0 Å². The molecule has 0 spiro atoms. The topological polar surface area (TPSA) is 76.1 Å². The molecule has 0 aliphatic heterocycles. The van der Waals surface area contributed by atoms with Gasteiger partial charge < -0.3 is 10.1 Å². The second-order valence-corrected chi connectivity index (χ2v) is 6.22. The highest BCUT2D eigenvalue weighted by molar-refractivity contribution is 5.29. The molecule has 1 atom stereocenters. The molecule has 2 aromatic rings. The van der Waals surface area contributed by atoms with Crippen LogP contribution in [0.4, 0.5) is 0 Å². The molecule has 0 saturated carbocycles. The SMILES string of the molecule is COc1ccc(C(C)CNCc2cn(C(C)C)c(=O)[nH]c2=O)cc1. The van der Waals surface area contributed by atoms with Crippen molar-refractivity contribution >= 4 is 0 Å². The average molecular weight is 331 g/mol. The van der Waals surface area contributed by atoms with E-state index in [9.17, 15) is 9.59 Å². The first-order valence-electron chi connectivity index (χ1n) is 8.11. The smallest absolute Gasteiger partial charge is 0.328 e. The van der Waals surface area contributed by atoms with Crippen molar-refractivity contribution in [2.45, 2.75) is 39.3 Å². The molecule has 2 N–H and O–H groups in total. The van der Waals surface area contributed by atoms with Gasteiger partial charge in [-0.1, -0.05) is 19.1 Å². The summed E-state index contributed by atoms with van der Waals surface area (Å²) in [5.74, 6) is 1.13. The lowest BCUT2D eigenvalue weighted by molar-refractivity contribution is 0.414. The minimum Gasteiger partial charge on any atom is -0.497 e. The van der Waals surface area contributed by atoms with Crippen LogP contribution in [0.3, 0.4) is 0 Å². The number of ether oxygens (including phenoxy) is 1. The van der Waals surface area contributed by atoms with Crippen molar-refractivity contribution in [1.82, 2.24) is 14.9 Å². The van der Waals surface area contributed by atoms with Crippen LogP contribution in [0.1, 0.15) is 43.9 Å². The molecule has 24 heavy (non-hydrogen) atoms. The summed E-state index contributed by atoms with van der Waals surface area (Å²) in [7, 11) is 1.65. The molecular formula is C18H25N3O3. The van der Waals surface area contributed by atoms with Crippen molar-refractivity contribution in [3.63, 3.8) is 0 Å². The van der Waals surface area contributed by atoms with Gasteiger partial charge in [0.2, 0.25) is 0 Å². The Morgan fingerprint density at radius 3 is 2.42 bits per heavy atom. The molecule has 0 fully saturated rings. The highest BCUT2D eigenvalue weighted by Crippen LogP contribution is 2.18. The van der Waals surface area contributed by atoms with E-state index >= 15 is 0 Å². The van der Waals surface area contributed by atoms with Gasteiger partial charge in [0.15, 0.2) is 0 Å². The third-order valence-electron chi connectivity index (χ3n) is 4.05. The van der Waals surface area contributed by atoms with Crippen LogP contribution in [-0.2, 0) is 6.54 Å². The number of hydrogen-bond acceptors (Lipinski definition) is 4. The summed E-state index contributed by atoms with van der Waals surface area (Å²) >= 11 is 0. The average Bonchev–Trinajstić information content (AvgIpc) is 2.56. The Morgan fingerprint density at radius 2 is 1.83 bits per heavy atom. The van der Waals surface area contributed by atoms with Crippen molar-refractivity contribution in [2.75, 3.05) is 13.7 Å². The predicted octanol–water partition coefficient (Wildman–Crippen LogP) is 2.02.